The molecule has 4 nitrogen and oxygen atoms in total. The zero-order chi connectivity index (χ0) is 16.0. The van der Waals surface area contributed by atoms with Gasteiger partial charge in [0.1, 0.15) is 0 Å². The molecule has 0 aromatic heterocycles. The zero-order valence-electron chi connectivity index (χ0n) is 12.3. The summed E-state index contributed by atoms with van der Waals surface area (Å²) in [4.78, 5) is 14.1. The Morgan fingerprint density at radius 3 is 2.41 bits per heavy atom. The van der Waals surface area contributed by atoms with Crippen molar-refractivity contribution in [1.29, 1.82) is 0 Å². The summed E-state index contributed by atoms with van der Waals surface area (Å²) in [5.41, 5.74) is 0. The molecular formula is C15H20ClNO3S2. The maximum Gasteiger partial charge on any atom is 0.232 e. The van der Waals surface area contributed by atoms with Crippen molar-refractivity contribution in [3.8, 4) is 0 Å². The fourth-order valence-electron chi connectivity index (χ4n) is 2.32. The van der Waals surface area contributed by atoms with Crippen LogP contribution in [0, 0.1) is 0 Å². The second-order valence-corrected chi connectivity index (χ2v) is 8.92. The summed E-state index contributed by atoms with van der Waals surface area (Å²) >= 11 is 7.14. The Morgan fingerprint density at radius 2 is 1.77 bits per heavy atom. The predicted octanol–water partition coefficient (Wildman–Crippen LogP) is 2.86. The van der Waals surface area contributed by atoms with E-state index in [9.17, 15) is 13.2 Å². The highest BCUT2D eigenvalue weighted by molar-refractivity contribution is 8.01. The molecule has 22 heavy (non-hydrogen) atoms. The van der Waals surface area contributed by atoms with Crippen molar-refractivity contribution in [2.45, 2.75) is 24.2 Å². The molecule has 122 valence electrons. The zero-order valence-corrected chi connectivity index (χ0v) is 14.7. The Bertz CT molecular complexity index is 596. The standard InChI is InChI=1S/C15H20ClNO3S2/c16-13-4-6-14(7-5-13)22(19,20)11-10-21-12-15(18)17-8-2-1-3-9-17/h4-7H,1-3,8-12H2. The van der Waals surface area contributed by atoms with E-state index in [2.05, 4.69) is 0 Å². The summed E-state index contributed by atoms with van der Waals surface area (Å²) in [5, 5.41) is 0.514. The minimum absolute atomic E-state index is 0.0343. The molecule has 1 aliphatic heterocycles. The summed E-state index contributed by atoms with van der Waals surface area (Å²) in [5.74, 6) is 0.932. The number of piperidine rings is 1. The summed E-state index contributed by atoms with van der Waals surface area (Å²) in [6.07, 6.45) is 3.33. The summed E-state index contributed by atoms with van der Waals surface area (Å²) in [6.45, 7) is 1.67. The number of sulfone groups is 1. The average molecular weight is 362 g/mol. The van der Waals surface area contributed by atoms with Crippen molar-refractivity contribution >= 4 is 39.1 Å². The van der Waals surface area contributed by atoms with Gasteiger partial charge in [0, 0.05) is 23.9 Å². The van der Waals surface area contributed by atoms with Gasteiger partial charge in [-0.1, -0.05) is 11.6 Å². The number of rotatable bonds is 6. The number of amides is 1. The van der Waals surface area contributed by atoms with Gasteiger partial charge in [0.25, 0.3) is 0 Å². The Kier molecular flexibility index (Phi) is 6.59. The van der Waals surface area contributed by atoms with Gasteiger partial charge < -0.3 is 4.90 Å². The van der Waals surface area contributed by atoms with Gasteiger partial charge in [-0.2, -0.15) is 11.8 Å². The van der Waals surface area contributed by atoms with Gasteiger partial charge >= 0.3 is 0 Å². The first kappa shape index (κ1) is 17.6. The largest absolute Gasteiger partial charge is 0.342 e. The molecule has 2 rings (SSSR count). The van der Waals surface area contributed by atoms with Crippen molar-refractivity contribution in [2.75, 3.05) is 30.3 Å². The lowest BCUT2D eigenvalue weighted by Crippen LogP contribution is -2.36. The topological polar surface area (TPSA) is 54.5 Å². The molecule has 0 unspecified atom stereocenters. The van der Waals surface area contributed by atoms with E-state index < -0.39 is 9.84 Å². The number of hydrogen-bond acceptors (Lipinski definition) is 4. The molecule has 7 heteroatoms. The minimum atomic E-state index is -3.30. The summed E-state index contributed by atoms with van der Waals surface area (Å²) in [6, 6.07) is 6.17. The molecule has 0 bridgehead atoms. The monoisotopic (exact) mass is 361 g/mol. The first-order chi connectivity index (χ1) is 10.5. The third kappa shape index (κ3) is 5.18. The van der Waals surface area contributed by atoms with Crippen molar-refractivity contribution in [2.24, 2.45) is 0 Å². The van der Waals surface area contributed by atoms with E-state index in [-0.39, 0.29) is 16.6 Å². The molecule has 0 atom stereocenters. The Morgan fingerprint density at radius 1 is 1.14 bits per heavy atom. The van der Waals surface area contributed by atoms with Crippen LogP contribution < -0.4 is 0 Å². The van der Waals surface area contributed by atoms with Crippen LogP contribution in [0.25, 0.3) is 0 Å². The molecule has 0 N–H and O–H groups in total. The van der Waals surface area contributed by atoms with E-state index in [0.29, 0.717) is 16.5 Å². The van der Waals surface area contributed by atoms with Crippen LogP contribution in [0.4, 0.5) is 0 Å². The second kappa shape index (κ2) is 8.22. The minimum Gasteiger partial charge on any atom is -0.342 e. The molecule has 1 fully saturated rings. The smallest absolute Gasteiger partial charge is 0.232 e. The van der Waals surface area contributed by atoms with Crippen LogP contribution in [0.2, 0.25) is 5.02 Å². The van der Waals surface area contributed by atoms with Crippen molar-refractivity contribution in [3.63, 3.8) is 0 Å². The van der Waals surface area contributed by atoms with Crippen molar-refractivity contribution in [1.82, 2.24) is 4.90 Å². The number of nitrogens with zero attached hydrogens (tertiary/aromatic N) is 1. The van der Waals surface area contributed by atoms with Crippen molar-refractivity contribution in [3.05, 3.63) is 29.3 Å². The van der Waals surface area contributed by atoms with Crippen LogP contribution in [0.1, 0.15) is 19.3 Å². The Balaban J connectivity index is 1.75. The third-order valence-electron chi connectivity index (χ3n) is 3.60. The highest BCUT2D eigenvalue weighted by atomic mass is 35.5. The van der Waals surface area contributed by atoms with Gasteiger partial charge in [0.15, 0.2) is 9.84 Å². The number of thioether (sulfide) groups is 1. The first-order valence-electron chi connectivity index (χ1n) is 7.33. The number of likely N-dealkylation sites (tertiary alicyclic amines) is 1. The molecule has 1 aromatic carbocycles. The van der Waals surface area contributed by atoms with E-state index in [4.69, 9.17) is 11.6 Å². The first-order valence-corrected chi connectivity index (χ1v) is 10.5. The number of hydrogen-bond donors (Lipinski definition) is 0. The van der Waals surface area contributed by atoms with Crippen LogP contribution in [-0.2, 0) is 14.6 Å². The third-order valence-corrected chi connectivity index (χ3v) is 6.79. The number of carbonyl (C=O) groups excluding carboxylic acids is 1. The van der Waals surface area contributed by atoms with Crippen LogP contribution in [-0.4, -0.2) is 49.6 Å². The lowest BCUT2D eigenvalue weighted by molar-refractivity contribution is -0.129. The van der Waals surface area contributed by atoms with Crippen LogP contribution >= 0.6 is 23.4 Å². The highest BCUT2D eigenvalue weighted by Crippen LogP contribution is 2.17. The Hall–Kier alpha value is -0.720. The second-order valence-electron chi connectivity index (χ2n) is 5.27. The molecule has 1 amide bonds. The fraction of sp³-hybridized carbons (Fsp3) is 0.533. The highest BCUT2D eigenvalue weighted by Gasteiger charge is 2.17. The van der Waals surface area contributed by atoms with Gasteiger partial charge in [-0.3, -0.25) is 4.79 Å². The lowest BCUT2D eigenvalue weighted by Gasteiger charge is -2.26. The molecule has 0 spiro atoms. The van der Waals surface area contributed by atoms with Gasteiger partial charge in [-0.15, -0.1) is 0 Å². The maximum absolute atomic E-state index is 12.1. The molecule has 1 heterocycles. The quantitative estimate of drug-likeness (QED) is 0.731. The van der Waals surface area contributed by atoms with Crippen molar-refractivity contribution < 1.29 is 13.2 Å². The van der Waals surface area contributed by atoms with E-state index in [1.807, 2.05) is 4.90 Å². The van der Waals surface area contributed by atoms with Gasteiger partial charge in [0.05, 0.1) is 16.4 Å². The summed E-state index contributed by atoms with van der Waals surface area (Å²) in [7, 11) is -3.30. The van der Waals surface area contributed by atoms with Crippen LogP contribution in [0.5, 0.6) is 0 Å². The number of carbonyl (C=O) groups is 1. The van der Waals surface area contributed by atoms with Crippen LogP contribution in [0.15, 0.2) is 29.2 Å². The van der Waals surface area contributed by atoms with E-state index in [0.717, 1.165) is 25.9 Å². The van der Waals surface area contributed by atoms with E-state index in [1.165, 1.54) is 30.3 Å². The lowest BCUT2D eigenvalue weighted by atomic mass is 10.1. The summed E-state index contributed by atoms with van der Waals surface area (Å²) < 4.78 is 24.3. The SMILES string of the molecule is O=C(CSCCS(=O)(=O)c1ccc(Cl)cc1)N1CCCCC1. The fourth-order valence-corrected chi connectivity index (χ4v) is 5.09. The normalized spacial score (nSPS) is 15.8. The van der Waals surface area contributed by atoms with Gasteiger partial charge in [-0.25, -0.2) is 8.42 Å². The van der Waals surface area contributed by atoms with Gasteiger partial charge in [-0.05, 0) is 43.5 Å². The predicted molar refractivity (Wildman–Crippen MR) is 91.3 cm³/mol. The molecule has 0 aliphatic carbocycles. The molecule has 1 aliphatic rings. The maximum atomic E-state index is 12.1. The molecule has 0 radical (unpaired) electrons. The number of halogens is 1. The Labute approximate surface area is 141 Å². The molecule has 0 saturated carbocycles. The van der Waals surface area contributed by atoms with E-state index >= 15 is 0 Å². The van der Waals surface area contributed by atoms with Gasteiger partial charge in [0.2, 0.25) is 5.91 Å². The average Bonchev–Trinajstić information content (AvgIpc) is 2.52. The van der Waals surface area contributed by atoms with Crippen LogP contribution in [0.3, 0.4) is 0 Å². The van der Waals surface area contributed by atoms with E-state index in [1.54, 1.807) is 12.1 Å². The molecule has 1 saturated heterocycles. The molecule has 1 aromatic rings. The molecular weight excluding hydrogens is 342 g/mol. The number of benzene rings is 1.